The Labute approximate surface area is 176 Å². The number of fused-ring (bicyclic) bond motifs is 5. The molecule has 3 fully saturated rings. The van der Waals surface area contributed by atoms with Crippen LogP contribution in [0.3, 0.4) is 0 Å². The van der Waals surface area contributed by atoms with Gasteiger partial charge in [0.05, 0.1) is 32.5 Å². The Hall–Kier alpha value is -0.710. The van der Waals surface area contributed by atoms with E-state index in [1.54, 1.807) is 5.57 Å². The van der Waals surface area contributed by atoms with Crippen molar-refractivity contribution in [2.24, 2.45) is 34.5 Å². The molecule has 0 heterocycles. The number of rotatable bonds is 7. The number of ether oxygens (including phenoxy) is 2. The minimum atomic E-state index is 0.0738. The summed E-state index contributed by atoms with van der Waals surface area (Å²) in [4.78, 5) is 12.3. The number of hydrogen-bond donors (Lipinski definition) is 1. The second-order valence-corrected chi connectivity index (χ2v) is 10.6. The number of hydrogen-bond acceptors (Lipinski definition) is 4. The van der Waals surface area contributed by atoms with Crippen LogP contribution in [0, 0.1) is 34.5 Å². The molecule has 7 atom stereocenters. The van der Waals surface area contributed by atoms with Gasteiger partial charge in [0.15, 0.2) is 0 Å². The van der Waals surface area contributed by atoms with Crippen molar-refractivity contribution < 1.29 is 19.4 Å². The Morgan fingerprint density at radius 2 is 1.93 bits per heavy atom. The Balaban J connectivity index is 1.42. The zero-order chi connectivity index (χ0) is 20.6. The monoisotopic (exact) mass is 404 g/mol. The largest absolute Gasteiger partial charge is 0.394 e. The Morgan fingerprint density at radius 3 is 2.69 bits per heavy atom. The third-order valence-electron chi connectivity index (χ3n) is 9.37. The molecule has 4 nitrogen and oxygen atoms in total. The van der Waals surface area contributed by atoms with Crippen LogP contribution >= 0.6 is 0 Å². The van der Waals surface area contributed by atoms with Crippen LogP contribution < -0.4 is 0 Å². The lowest BCUT2D eigenvalue weighted by atomic mass is 9.47. The zero-order valence-electron chi connectivity index (χ0n) is 18.6. The molecule has 0 aromatic carbocycles. The van der Waals surface area contributed by atoms with E-state index in [1.165, 1.54) is 32.1 Å². The lowest BCUT2D eigenvalue weighted by molar-refractivity contribution is -0.127. The molecule has 3 saturated carbocycles. The van der Waals surface area contributed by atoms with Gasteiger partial charge in [0.2, 0.25) is 0 Å². The van der Waals surface area contributed by atoms with E-state index in [4.69, 9.17) is 14.6 Å². The fraction of sp³-hybridized carbons (Fsp3) is 0.880. The number of aliphatic hydroxyl groups excluding tert-OH is 1. The van der Waals surface area contributed by atoms with Crippen molar-refractivity contribution in [2.45, 2.75) is 78.2 Å². The number of allylic oxidation sites excluding steroid dienone is 1. The van der Waals surface area contributed by atoms with E-state index in [0.717, 1.165) is 37.0 Å². The van der Waals surface area contributed by atoms with Crippen LogP contribution in [0.15, 0.2) is 11.6 Å². The molecule has 0 aromatic rings. The fourth-order valence-electron chi connectivity index (χ4n) is 7.88. The molecule has 4 aliphatic rings. The average Bonchev–Trinajstić information content (AvgIpc) is 3.05. The first-order chi connectivity index (χ1) is 13.9. The molecule has 29 heavy (non-hydrogen) atoms. The Morgan fingerprint density at radius 1 is 1.10 bits per heavy atom. The maximum absolute atomic E-state index is 12.3. The summed E-state index contributed by atoms with van der Waals surface area (Å²) in [7, 11) is 0. The van der Waals surface area contributed by atoms with Gasteiger partial charge in [0.1, 0.15) is 5.78 Å². The third-order valence-corrected chi connectivity index (χ3v) is 9.37. The molecule has 0 amide bonds. The van der Waals surface area contributed by atoms with Crippen molar-refractivity contribution in [3.05, 3.63) is 11.6 Å². The molecule has 0 saturated heterocycles. The Bertz CT molecular complexity index is 643. The van der Waals surface area contributed by atoms with Gasteiger partial charge in [-0.05, 0) is 86.9 Å². The quantitative estimate of drug-likeness (QED) is 0.500. The van der Waals surface area contributed by atoms with Crippen molar-refractivity contribution in [1.82, 2.24) is 0 Å². The maximum Gasteiger partial charge on any atom is 0.133 e. The van der Waals surface area contributed by atoms with E-state index in [2.05, 4.69) is 19.9 Å². The predicted octanol–water partition coefficient (Wildman–Crippen LogP) is 4.55. The van der Waals surface area contributed by atoms with Crippen molar-refractivity contribution in [3.63, 3.8) is 0 Å². The summed E-state index contributed by atoms with van der Waals surface area (Å²) in [6, 6.07) is 0. The van der Waals surface area contributed by atoms with Crippen LogP contribution in [0.4, 0.5) is 0 Å². The van der Waals surface area contributed by atoms with Gasteiger partial charge >= 0.3 is 0 Å². The van der Waals surface area contributed by atoms with E-state index in [9.17, 15) is 4.79 Å². The summed E-state index contributed by atoms with van der Waals surface area (Å²) in [5.74, 6) is 2.98. The first-order valence-corrected chi connectivity index (χ1v) is 11.9. The molecule has 164 valence electrons. The van der Waals surface area contributed by atoms with Gasteiger partial charge in [-0.15, -0.1) is 0 Å². The van der Waals surface area contributed by atoms with Crippen molar-refractivity contribution >= 4 is 5.78 Å². The van der Waals surface area contributed by atoms with Crippen LogP contribution in [0.1, 0.15) is 72.1 Å². The molecule has 1 N–H and O–H groups in total. The maximum atomic E-state index is 12.3. The van der Waals surface area contributed by atoms with Crippen LogP contribution in [0.5, 0.6) is 0 Å². The zero-order valence-corrected chi connectivity index (χ0v) is 18.6. The normalized spacial score (nSPS) is 43.9. The molecular formula is C25H40O4. The highest BCUT2D eigenvalue weighted by molar-refractivity contribution is 5.79. The van der Waals surface area contributed by atoms with Gasteiger partial charge in [-0.3, -0.25) is 4.79 Å². The second kappa shape index (κ2) is 8.43. The summed E-state index contributed by atoms with van der Waals surface area (Å²) in [5.41, 5.74) is 2.20. The molecule has 0 radical (unpaired) electrons. The van der Waals surface area contributed by atoms with Crippen LogP contribution in [-0.2, 0) is 14.3 Å². The third kappa shape index (κ3) is 3.74. The van der Waals surface area contributed by atoms with Crippen molar-refractivity contribution in [1.29, 1.82) is 0 Å². The highest BCUT2D eigenvalue weighted by Crippen LogP contribution is 2.66. The minimum absolute atomic E-state index is 0.0738. The molecule has 4 heteroatoms. The van der Waals surface area contributed by atoms with Gasteiger partial charge in [-0.2, -0.15) is 0 Å². The number of ketones is 1. The van der Waals surface area contributed by atoms with Crippen molar-refractivity contribution in [2.75, 3.05) is 26.4 Å². The number of carbonyl (C=O) groups is 1. The fourth-order valence-corrected chi connectivity index (χ4v) is 7.88. The molecule has 4 rings (SSSR count). The molecular weight excluding hydrogens is 364 g/mol. The van der Waals surface area contributed by atoms with Crippen LogP contribution in [-0.4, -0.2) is 43.4 Å². The van der Waals surface area contributed by atoms with Gasteiger partial charge in [0.25, 0.3) is 0 Å². The first-order valence-electron chi connectivity index (χ1n) is 11.9. The highest BCUT2D eigenvalue weighted by Gasteiger charge is 2.59. The molecule has 0 spiro atoms. The molecule has 0 bridgehead atoms. The van der Waals surface area contributed by atoms with Gasteiger partial charge in [-0.1, -0.05) is 25.5 Å². The lowest BCUT2D eigenvalue weighted by Crippen LogP contribution is -2.51. The minimum Gasteiger partial charge on any atom is -0.394 e. The molecule has 4 aliphatic carbocycles. The van der Waals surface area contributed by atoms with E-state index >= 15 is 0 Å². The number of carbonyl (C=O) groups excluding carboxylic acids is 1. The van der Waals surface area contributed by atoms with Gasteiger partial charge in [-0.25, -0.2) is 0 Å². The second-order valence-electron chi connectivity index (χ2n) is 10.6. The van der Waals surface area contributed by atoms with Crippen LogP contribution in [0.2, 0.25) is 0 Å². The highest BCUT2D eigenvalue weighted by atomic mass is 16.5. The SMILES string of the molecule is CC(=O)[C@H]1CC[C@H]2[C@@H]3CC=C4C[C@@H](OCCOCCO)CC[C@]4(C)[C@H]3CC[C@]12C. The van der Waals surface area contributed by atoms with Gasteiger partial charge < -0.3 is 14.6 Å². The molecule has 0 unspecified atom stereocenters. The standard InChI is InChI=1S/C25H40O4/c1-17(27)21-6-7-22-20-5-4-18-16-19(29-15-14-28-13-12-26)8-10-24(18,2)23(20)9-11-25(21,22)3/h4,19-23,26H,5-16H2,1-3H3/t19-,20-,21+,22-,23-,24-,25+/m0/s1. The average molecular weight is 405 g/mol. The number of aliphatic hydroxyl groups is 1. The summed E-state index contributed by atoms with van der Waals surface area (Å²) in [5, 5.41) is 8.79. The summed E-state index contributed by atoms with van der Waals surface area (Å²) < 4.78 is 11.4. The Kier molecular flexibility index (Phi) is 6.26. The van der Waals surface area contributed by atoms with E-state index in [-0.39, 0.29) is 12.0 Å². The van der Waals surface area contributed by atoms with E-state index in [0.29, 0.717) is 43.0 Å². The van der Waals surface area contributed by atoms with E-state index < -0.39 is 0 Å². The summed E-state index contributed by atoms with van der Waals surface area (Å²) in [6.07, 6.45) is 12.4. The topological polar surface area (TPSA) is 55.8 Å². The molecule has 0 aliphatic heterocycles. The first kappa shape index (κ1) is 21.5. The number of Topliss-reactive ketones (excluding diaryl/α,β-unsaturated/α-hetero) is 1. The summed E-state index contributed by atoms with van der Waals surface area (Å²) in [6.45, 7) is 8.42. The smallest absolute Gasteiger partial charge is 0.133 e. The van der Waals surface area contributed by atoms with Crippen LogP contribution in [0.25, 0.3) is 0 Å². The van der Waals surface area contributed by atoms with Crippen molar-refractivity contribution in [3.8, 4) is 0 Å². The van der Waals surface area contributed by atoms with Gasteiger partial charge in [0, 0.05) is 5.92 Å². The predicted molar refractivity (Wildman–Crippen MR) is 114 cm³/mol. The molecule has 0 aromatic heterocycles. The summed E-state index contributed by atoms with van der Waals surface area (Å²) >= 11 is 0. The lowest BCUT2D eigenvalue weighted by Gasteiger charge is -2.58. The van der Waals surface area contributed by atoms with E-state index in [1.807, 2.05) is 6.92 Å².